The van der Waals surface area contributed by atoms with Gasteiger partial charge in [-0.05, 0) is 0 Å². The largest absolute Gasteiger partial charge is 0.252 e. The molecule has 2 nitrogen and oxygen atoms in total. The minimum atomic E-state index is -0.0221. The third-order valence-electron chi connectivity index (χ3n) is 3.64. The van der Waals surface area contributed by atoms with Crippen LogP contribution in [-0.2, 0) is 5.41 Å². The van der Waals surface area contributed by atoms with Crippen molar-refractivity contribution in [2.45, 2.75) is 26.2 Å². The van der Waals surface area contributed by atoms with Gasteiger partial charge in [-0.15, -0.1) is 0 Å². The van der Waals surface area contributed by atoms with E-state index in [9.17, 15) is 0 Å². The molecule has 2 aromatic carbocycles. The lowest BCUT2D eigenvalue weighted by molar-refractivity contribution is 0.566. The van der Waals surface area contributed by atoms with E-state index in [1.807, 2.05) is 42.6 Å². The van der Waals surface area contributed by atoms with Gasteiger partial charge in [-0.1, -0.05) is 81.4 Å². The third-order valence-corrected chi connectivity index (χ3v) is 3.64. The highest BCUT2D eigenvalue weighted by atomic mass is 14.8. The van der Waals surface area contributed by atoms with Crippen LogP contribution in [-0.4, -0.2) is 9.97 Å². The summed E-state index contributed by atoms with van der Waals surface area (Å²) < 4.78 is 0. The molecular formula is C20H20N2. The Morgan fingerprint density at radius 1 is 0.682 bits per heavy atom. The third kappa shape index (κ3) is 2.91. The monoisotopic (exact) mass is 288 g/mol. The van der Waals surface area contributed by atoms with Gasteiger partial charge in [0.1, 0.15) is 0 Å². The molecular weight excluding hydrogens is 268 g/mol. The highest BCUT2D eigenvalue weighted by Gasteiger charge is 2.19. The van der Waals surface area contributed by atoms with Crippen molar-refractivity contribution in [1.82, 2.24) is 9.97 Å². The van der Waals surface area contributed by atoms with Crippen LogP contribution in [0.15, 0.2) is 66.9 Å². The van der Waals surface area contributed by atoms with Crippen molar-refractivity contribution in [3.05, 3.63) is 72.6 Å². The first kappa shape index (κ1) is 14.5. The van der Waals surface area contributed by atoms with Gasteiger partial charge in [0.05, 0.1) is 17.1 Å². The minimum absolute atomic E-state index is 0.0221. The molecule has 0 N–H and O–H groups in total. The lowest BCUT2D eigenvalue weighted by atomic mass is 9.92. The smallest absolute Gasteiger partial charge is 0.0968 e. The molecule has 0 aliphatic heterocycles. The average molecular weight is 288 g/mol. The Morgan fingerprint density at radius 2 is 1.18 bits per heavy atom. The first-order valence-corrected chi connectivity index (χ1v) is 7.54. The number of hydrogen-bond acceptors (Lipinski definition) is 2. The molecule has 0 spiro atoms. The van der Waals surface area contributed by atoms with Gasteiger partial charge in [-0.2, -0.15) is 0 Å². The molecule has 0 atom stereocenters. The van der Waals surface area contributed by atoms with Crippen LogP contribution in [0.2, 0.25) is 0 Å². The summed E-state index contributed by atoms with van der Waals surface area (Å²) in [5.74, 6) is 0. The van der Waals surface area contributed by atoms with Gasteiger partial charge in [0, 0.05) is 22.7 Å². The lowest BCUT2D eigenvalue weighted by Gasteiger charge is -2.19. The quantitative estimate of drug-likeness (QED) is 0.655. The predicted molar refractivity (Wildman–Crippen MR) is 91.6 cm³/mol. The lowest BCUT2D eigenvalue weighted by Crippen LogP contribution is -2.15. The van der Waals surface area contributed by atoms with Gasteiger partial charge >= 0.3 is 0 Å². The Balaban J connectivity index is 2.23. The molecule has 0 amide bonds. The fourth-order valence-corrected chi connectivity index (χ4v) is 2.36. The van der Waals surface area contributed by atoms with Crippen LogP contribution in [0, 0.1) is 0 Å². The van der Waals surface area contributed by atoms with Gasteiger partial charge < -0.3 is 0 Å². The molecule has 3 aromatic rings. The summed E-state index contributed by atoms with van der Waals surface area (Å²) in [7, 11) is 0. The maximum Gasteiger partial charge on any atom is 0.0968 e. The fraction of sp³-hybridized carbons (Fsp3) is 0.200. The molecule has 1 aromatic heterocycles. The van der Waals surface area contributed by atoms with Crippen LogP contribution >= 0.6 is 0 Å². The van der Waals surface area contributed by atoms with Crippen LogP contribution < -0.4 is 0 Å². The van der Waals surface area contributed by atoms with Crippen LogP contribution in [0.4, 0.5) is 0 Å². The van der Waals surface area contributed by atoms with E-state index in [1.165, 1.54) is 0 Å². The second kappa shape index (κ2) is 5.72. The van der Waals surface area contributed by atoms with Gasteiger partial charge in [0.2, 0.25) is 0 Å². The van der Waals surface area contributed by atoms with Gasteiger partial charge in [-0.3, -0.25) is 4.98 Å². The Labute approximate surface area is 131 Å². The van der Waals surface area contributed by atoms with Crippen molar-refractivity contribution in [3.63, 3.8) is 0 Å². The molecule has 0 fully saturated rings. The molecule has 0 saturated carbocycles. The summed E-state index contributed by atoms with van der Waals surface area (Å²) in [6, 6.07) is 20.5. The normalized spacial score (nSPS) is 11.4. The van der Waals surface area contributed by atoms with Crippen molar-refractivity contribution >= 4 is 0 Å². The second-order valence-corrected chi connectivity index (χ2v) is 6.43. The van der Waals surface area contributed by atoms with E-state index in [2.05, 4.69) is 45.0 Å². The summed E-state index contributed by atoms with van der Waals surface area (Å²) in [5.41, 5.74) is 5.05. The van der Waals surface area contributed by atoms with E-state index in [-0.39, 0.29) is 5.41 Å². The molecule has 2 heteroatoms. The number of hydrogen-bond donors (Lipinski definition) is 0. The molecule has 3 rings (SSSR count). The molecule has 0 bridgehead atoms. The maximum atomic E-state index is 4.93. The average Bonchev–Trinajstić information content (AvgIpc) is 2.55. The van der Waals surface area contributed by atoms with Gasteiger partial charge in [0.25, 0.3) is 0 Å². The molecule has 0 unspecified atom stereocenters. The Morgan fingerprint density at radius 3 is 1.68 bits per heavy atom. The van der Waals surface area contributed by atoms with Gasteiger partial charge in [-0.25, -0.2) is 4.98 Å². The Hall–Kier alpha value is -2.48. The highest BCUT2D eigenvalue weighted by Crippen LogP contribution is 2.31. The SMILES string of the molecule is CC(C)(C)c1cnc(-c2ccccc2)c(-c2ccccc2)n1. The molecule has 110 valence electrons. The van der Waals surface area contributed by atoms with Crippen molar-refractivity contribution in [3.8, 4) is 22.5 Å². The zero-order valence-corrected chi connectivity index (χ0v) is 13.2. The standard InChI is InChI=1S/C20H20N2/c1-20(2,3)17-14-21-18(15-10-6-4-7-11-15)19(22-17)16-12-8-5-9-13-16/h4-14H,1-3H3. The maximum absolute atomic E-state index is 4.93. The van der Waals surface area contributed by atoms with E-state index in [1.54, 1.807) is 0 Å². The van der Waals surface area contributed by atoms with Crippen molar-refractivity contribution in [1.29, 1.82) is 0 Å². The van der Waals surface area contributed by atoms with Crippen LogP contribution in [0.1, 0.15) is 26.5 Å². The summed E-state index contributed by atoms with van der Waals surface area (Å²) >= 11 is 0. The molecule has 22 heavy (non-hydrogen) atoms. The first-order chi connectivity index (χ1) is 10.6. The highest BCUT2D eigenvalue weighted by molar-refractivity contribution is 5.77. The number of nitrogens with zero attached hydrogens (tertiary/aromatic N) is 2. The summed E-state index contributed by atoms with van der Waals surface area (Å²) in [6.45, 7) is 6.48. The second-order valence-electron chi connectivity index (χ2n) is 6.43. The summed E-state index contributed by atoms with van der Waals surface area (Å²) in [5, 5.41) is 0. The number of rotatable bonds is 2. The van der Waals surface area contributed by atoms with Crippen LogP contribution in [0.5, 0.6) is 0 Å². The van der Waals surface area contributed by atoms with Crippen molar-refractivity contribution in [2.75, 3.05) is 0 Å². The molecule has 1 heterocycles. The zero-order chi connectivity index (χ0) is 15.6. The first-order valence-electron chi connectivity index (χ1n) is 7.54. The van der Waals surface area contributed by atoms with Crippen LogP contribution in [0.3, 0.4) is 0 Å². The minimum Gasteiger partial charge on any atom is -0.252 e. The summed E-state index contributed by atoms with van der Waals surface area (Å²) in [4.78, 5) is 9.66. The Kier molecular flexibility index (Phi) is 3.76. The number of benzene rings is 2. The van der Waals surface area contributed by atoms with E-state index < -0.39 is 0 Å². The van der Waals surface area contributed by atoms with Crippen molar-refractivity contribution in [2.24, 2.45) is 0 Å². The molecule has 0 radical (unpaired) electrons. The van der Waals surface area contributed by atoms with Crippen LogP contribution in [0.25, 0.3) is 22.5 Å². The van der Waals surface area contributed by atoms with Crippen molar-refractivity contribution < 1.29 is 0 Å². The fourth-order valence-electron chi connectivity index (χ4n) is 2.36. The molecule has 0 aliphatic rings. The number of aromatic nitrogens is 2. The van der Waals surface area contributed by atoms with E-state index in [0.29, 0.717) is 0 Å². The molecule has 0 saturated heterocycles. The van der Waals surface area contributed by atoms with E-state index in [4.69, 9.17) is 9.97 Å². The predicted octanol–water partition coefficient (Wildman–Crippen LogP) is 5.11. The van der Waals surface area contributed by atoms with E-state index >= 15 is 0 Å². The van der Waals surface area contributed by atoms with E-state index in [0.717, 1.165) is 28.2 Å². The summed E-state index contributed by atoms with van der Waals surface area (Å²) in [6.07, 6.45) is 1.90. The zero-order valence-electron chi connectivity index (χ0n) is 13.2. The topological polar surface area (TPSA) is 25.8 Å². The Bertz CT molecular complexity index is 757. The van der Waals surface area contributed by atoms with Gasteiger partial charge in [0.15, 0.2) is 0 Å². The molecule has 0 aliphatic carbocycles.